The predicted octanol–water partition coefficient (Wildman–Crippen LogP) is 4.74. The largest absolute Gasteiger partial charge is 0.480 e. The van der Waals surface area contributed by atoms with Gasteiger partial charge in [-0.15, -0.1) is 0 Å². The van der Waals surface area contributed by atoms with Crippen molar-refractivity contribution >= 4 is 5.91 Å². The average Bonchev–Trinajstić information content (AvgIpc) is 2.59. The molecule has 1 aromatic rings. The second-order valence-corrected chi connectivity index (χ2v) is 6.00. The highest BCUT2D eigenvalue weighted by atomic mass is 16.5. The van der Waals surface area contributed by atoms with Crippen LogP contribution in [0.4, 0.5) is 0 Å². The first-order chi connectivity index (χ1) is 11.3. The molecule has 0 aromatic carbocycles. The summed E-state index contributed by atoms with van der Waals surface area (Å²) in [6, 6.07) is 3.48. The van der Waals surface area contributed by atoms with Crippen LogP contribution in [0.3, 0.4) is 0 Å². The molecule has 4 nitrogen and oxygen atoms in total. The van der Waals surface area contributed by atoms with Gasteiger partial charge < -0.3 is 10.1 Å². The maximum atomic E-state index is 12.1. The minimum atomic E-state index is -0.106. The number of carbonyl (C=O) groups excluding carboxylic acids is 1. The van der Waals surface area contributed by atoms with Gasteiger partial charge in [0, 0.05) is 12.7 Å². The monoisotopic (exact) mass is 320 g/mol. The lowest BCUT2D eigenvalue weighted by molar-refractivity contribution is 0.0949. The average molecular weight is 320 g/mol. The van der Waals surface area contributed by atoms with E-state index in [0.717, 1.165) is 6.42 Å². The molecule has 1 heterocycles. The first-order valence-electron chi connectivity index (χ1n) is 9.06. The Balaban J connectivity index is 2.01. The lowest BCUT2D eigenvalue weighted by Crippen LogP contribution is -2.25. The number of nitrogens with one attached hydrogen (secondary N) is 1. The van der Waals surface area contributed by atoms with Gasteiger partial charge in [0.15, 0.2) is 0 Å². The molecule has 0 spiro atoms. The normalized spacial score (nSPS) is 10.5. The fourth-order valence-electron chi connectivity index (χ4n) is 2.64. The number of pyridine rings is 1. The van der Waals surface area contributed by atoms with Crippen LogP contribution in [0, 0.1) is 0 Å². The highest BCUT2D eigenvalue weighted by Gasteiger charge is 2.11. The van der Waals surface area contributed by atoms with Crippen molar-refractivity contribution in [3.05, 3.63) is 23.9 Å². The summed E-state index contributed by atoms with van der Waals surface area (Å²) in [5, 5.41) is 2.94. The van der Waals surface area contributed by atoms with E-state index in [9.17, 15) is 4.79 Å². The quantitative estimate of drug-likeness (QED) is 0.534. The van der Waals surface area contributed by atoms with E-state index in [1.165, 1.54) is 64.9 Å². The molecule has 0 bridgehead atoms. The van der Waals surface area contributed by atoms with E-state index in [1.54, 1.807) is 18.3 Å². The summed E-state index contributed by atoms with van der Waals surface area (Å²) in [6.45, 7) is 2.97. The fourth-order valence-corrected chi connectivity index (χ4v) is 2.64. The van der Waals surface area contributed by atoms with Crippen molar-refractivity contribution in [2.24, 2.45) is 0 Å². The van der Waals surface area contributed by atoms with Crippen molar-refractivity contribution in [3.8, 4) is 5.88 Å². The Hall–Kier alpha value is -1.58. The van der Waals surface area contributed by atoms with Crippen molar-refractivity contribution in [1.82, 2.24) is 10.3 Å². The van der Waals surface area contributed by atoms with Gasteiger partial charge in [0.1, 0.15) is 5.56 Å². The van der Waals surface area contributed by atoms with E-state index >= 15 is 0 Å². The Bertz CT molecular complexity index is 435. The van der Waals surface area contributed by atoms with Crippen LogP contribution in [-0.4, -0.2) is 24.5 Å². The van der Waals surface area contributed by atoms with Crippen LogP contribution in [0.15, 0.2) is 18.3 Å². The summed E-state index contributed by atoms with van der Waals surface area (Å²) >= 11 is 0. The second-order valence-electron chi connectivity index (χ2n) is 6.00. The number of carbonyl (C=O) groups is 1. The number of hydrogen-bond donors (Lipinski definition) is 1. The van der Waals surface area contributed by atoms with E-state index < -0.39 is 0 Å². The van der Waals surface area contributed by atoms with Crippen molar-refractivity contribution in [1.29, 1.82) is 0 Å². The molecule has 23 heavy (non-hydrogen) atoms. The predicted molar refractivity (Wildman–Crippen MR) is 95.0 cm³/mol. The van der Waals surface area contributed by atoms with Crippen LogP contribution in [0.25, 0.3) is 0 Å². The van der Waals surface area contributed by atoms with Gasteiger partial charge in [-0.25, -0.2) is 4.98 Å². The summed E-state index contributed by atoms with van der Waals surface area (Å²) < 4.78 is 5.10. The zero-order chi connectivity index (χ0) is 16.8. The Morgan fingerprint density at radius 2 is 1.65 bits per heavy atom. The van der Waals surface area contributed by atoms with Gasteiger partial charge in [-0.3, -0.25) is 4.79 Å². The number of rotatable bonds is 13. The summed E-state index contributed by atoms with van der Waals surface area (Å²) in [4.78, 5) is 16.1. The highest BCUT2D eigenvalue weighted by Crippen LogP contribution is 2.13. The summed E-state index contributed by atoms with van der Waals surface area (Å²) in [6.07, 6.45) is 14.6. The summed E-state index contributed by atoms with van der Waals surface area (Å²) in [7, 11) is 1.53. The zero-order valence-electron chi connectivity index (χ0n) is 14.8. The Morgan fingerprint density at radius 3 is 2.26 bits per heavy atom. The molecule has 1 rings (SSSR count). The van der Waals surface area contributed by atoms with Crippen molar-refractivity contribution in [2.75, 3.05) is 13.7 Å². The number of unbranched alkanes of at least 4 members (excludes halogenated alkanes) is 9. The van der Waals surface area contributed by atoms with E-state index in [1.807, 2.05) is 0 Å². The minimum Gasteiger partial charge on any atom is -0.480 e. The van der Waals surface area contributed by atoms with Gasteiger partial charge >= 0.3 is 0 Å². The van der Waals surface area contributed by atoms with E-state index in [0.29, 0.717) is 18.0 Å². The maximum absolute atomic E-state index is 12.1. The number of ether oxygens (including phenoxy) is 1. The van der Waals surface area contributed by atoms with Gasteiger partial charge in [-0.1, -0.05) is 64.7 Å². The third-order valence-corrected chi connectivity index (χ3v) is 4.03. The second kappa shape index (κ2) is 12.9. The number of hydrogen-bond acceptors (Lipinski definition) is 3. The number of nitrogens with zero attached hydrogens (tertiary/aromatic N) is 1. The molecule has 1 N–H and O–H groups in total. The van der Waals surface area contributed by atoms with Crippen molar-refractivity contribution in [3.63, 3.8) is 0 Å². The summed E-state index contributed by atoms with van der Waals surface area (Å²) in [5.74, 6) is 0.277. The van der Waals surface area contributed by atoms with Gasteiger partial charge in [0.2, 0.25) is 5.88 Å². The number of methoxy groups -OCH3 is 1. The molecule has 0 atom stereocenters. The molecule has 0 saturated heterocycles. The van der Waals surface area contributed by atoms with Crippen LogP contribution in [0.5, 0.6) is 5.88 Å². The van der Waals surface area contributed by atoms with Crippen LogP contribution in [0.2, 0.25) is 0 Å². The maximum Gasteiger partial charge on any atom is 0.256 e. The molecular formula is C19H32N2O2. The Labute approximate surface area is 141 Å². The molecule has 1 aromatic heterocycles. The molecule has 0 aliphatic heterocycles. The van der Waals surface area contributed by atoms with Crippen LogP contribution >= 0.6 is 0 Å². The number of aromatic nitrogens is 1. The molecule has 4 heteroatoms. The third kappa shape index (κ3) is 8.58. The molecular weight excluding hydrogens is 288 g/mol. The smallest absolute Gasteiger partial charge is 0.256 e. The SMILES string of the molecule is CCCCCCCCCCCCNC(=O)c1cccnc1OC. The Kier molecular flexibility index (Phi) is 10.9. The van der Waals surface area contributed by atoms with E-state index in [4.69, 9.17) is 4.74 Å². The van der Waals surface area contributed by atoms with Gasteiger partial charge in [-0.05, 0) is 18.6 Å². The van der Waals surface area contributed by atoms with Crippen LogP contribution < -0.4 is 10.1 Å². The molecule has 0 radical (unpaired) electrons. The fraction of sp³-hybridized carbons (Fsp3) is 0.684. The highest BCUT2D eigenvalue weighted by molar-refractivity contribution is 5.96. The standard InChI is InChI=1S/C19H32N2O2/c1-3-4-5-6-7-8-9-10-11-12-15-20-18(22)17-14-13-16-21-19(17)23-2/h13-14,16H,3-12,15H2,1-2H3,(H,20,22). The molecule has 0 fully saturated rings. The molecule has 0 aliphatic rings. The van der Waals surface area contributed by atoms with Crippen LogP contribution in [-0.2, 0) is 0 Å². The first kappa shape index (κ1) is 19.5. The molecule has 0 unspecified atom stereocenters. The zero-order valence-corrected chi connectivity index (χ0v) is 14.8. The lowest BCUT2D eigenvalue weighted by atomic mass is 10.1. The number of amides is 1. The Morgan fingerprint density at radius 1 is 1.04 bits per heavy atom. The third-order valence-electron chi connectivity index (χ3n) is 4.03. The van der Waals surface area contributed by atoms with E-state index in [-0.39, 0.29) is 5.91 Å². The molecule has 0 aliphatic carbocycles. The van der Waals surface area contributed by atoms with Crippen molar-refractivity contribution in [2.45, 2.75) is 71.1 Å². The van der Waals surface area contributed by atoms with Gasteiger partial charge in [0.05, 0.1) is 7.11 Å². The minimum absolute atomic E-state index is 0.106. The van der Waals surface area contributed by atoms with Gasteiger partial charge in [0.25, 0.3) is 5.91 Å². The molecule has 1 amide bonds. The van der Waals surface area contributed by atoms with Crippen molar-refractivity contribution < 1.29 is 9.53 Å². The first-order valence-corrected chi connectivity index (χ1v) is 9.06. The molecule has 0 saturated carbocycles. The van der Waals surface area contributed by atoms with Gasteiger partial charge in [-0.2, -0.15) is 0 Å². The topological polar surface area (TPSA) is 51.2 Å². The van der Waals surface area contributed by atoms with Crippen LogP contribution in [0.1, 0.15) is 81.5 Å². The molecule has 130 valence electrons. The van der Waals surface area contributed by atoms with E-state index in [2.05, 4.69) is 17.2 Å². The summed E-state index contributed by atoms with van der Waals surface area (Å²) in [5.41, 5.74) is 0.502. The lowest BCUT2D eigenvalue weighted by Gasteiger charge is -2.08.